The summed E-state index contributed by atoms with van der Waals surface area (Å²) in [6.07, 6.45) is 2.11. The Morgan fingerprint density at radius 1 is 1.08 bits per heavy atom. The third-order valence-corrected chi connectivity index (χ3v) is 2.34. The van der Waals surface area contributed by atoms with Gasteiger partial charge in [0.15, 0.2) is 0 Å². The number of rotatable bonds is 0. The number of hydrogen-bond donors (Lipinski definition) is 2. The van der Waals surface area contributed by atoms with Crippen LogP contribution >= 0.6 is 0 Å². The van der Waals surface area contributed by atoms with Crippen LogP contribution in [0.25, 0.3) is 0 Å². The van der Waals surface area contributed by atoms with E-state index in [9.17, 15) is 0 Å². The van der Waals surface area contributed by atoms with Crippen molar-refractivity contribution < 1.29 is 5.11 Å². The Morgan fingerprint density at radius 2 is 1.50 bits per heavy atom. The molecule has 1 heterocycles. The Balaban J connectivity index is 0.000000269. The van der Waals surface area contributed by atoms with Gasteiger partial charge in [-0.1, -0.05) is 27.7 Å². The summed E-state index contributed by atoms with van der Waals surface area (Å²) in [5.74, 6) is 0. The molecule has 0 radical (unpaired) electrons. The molecule has 0 bridgehead atoms. The number of aliphatic hydroxyl groups is 1. The van der Waals surface area contributed by atoms with Crippen molar-refractivity contribution in [1.82, 2.24) is 5.32 Å². The minimum Gasteiger partial charge on any atom is -0.393 e. The molecule has 0 amide bonds. The zero-order valence-electron chi connectivity index (χ0n) is 8.85. The van der Waals surface area contributed by atoms with Gasteiger partial charge < -0.3 is 10.4 Å². The van der Waals surface area contributed by atoms with Gasteiger partial charge in [-0.05, 0) is 12.8 Å². The Kier molecular flexibility index (Phi) is 5.51. The first-order valence-corrected chi connectivity index (χ1v) is 5.20. The minimum absolute atomic E-state index is 0.0251. The van der Waals surface area contributed by atoms with E-state index in [2.05, 4.69) is 5.32 Å². The SMILES string of the molecule is CC.CC.OC1CC2(CNC2)C1. The molecule has 0 atom stereocenters. The lowest BCUT2D eigenvalue weighted by Gasteiger charge is -2.52. The van der Waals surface area contributed by atoms with Crippen LogP contribution in [0.15, 0.2) is 0 Å². The molecule has 0 aromatic rings. The fourth-order valence-electron chi connectivity index (χ4n) is 1.71. The van der Waals surface area contributed by atoms with E-state index < -0.39 is 0 Å². The lowest BCUT2D eigenvalue weighted by atomic mass is 9.63. The number of nitrogens with one attached hydrogen (secondary N) is 1. The zero-order chi connectivity index (χ0) is 9.61. The van der Waals surface area contributed by atoms with E-state index in [0.717, 1.165) is 25.9 Å². The van der Waals surface area contributed by atoms with E-state index in [0.29, 0.717) is 5.41 Å². The first-order valence-electron chi connectivity index (χ1n) is 5.20. The van der Waals surface area contributed by atoms with Crippen LogP contribution in [0.4, 0.5) is 0 Å². The van der Waals surface area contributed by atoms with Gasteiger partial charge in [0.05, 0.1) is 6.10 Å². The average molecular weight is 173 g/mol. The maximum absolute atomic E-state index is 8.92. The van der Waals surface area contributed by atoms with Crippen LogP contribution in [-0.4, -0.2) is 24.3 Å². The fraction of sp³-hybridized carbons (Fsp3) is 1.00. The second kappa shape index (κ2) is 5.55. The van der Waals surface area contributed by atoms with Gasteiger partial charge in [0, 0.05) is 18.5 Å². The molecule has 2 N–H and O–H groups in total. The van der Waals surface area contributed by atoms with Gasteiger partial charge in [0.25, 0.3) is 0 Å². The molecule has 74 valence electrons. The molecular formula is C10H23NO. The predicted octanol–water partition coefficient (Wildman–Crippen LogP) is 1.78. The molecule has 1 aliphatic heterocycles. The van der Waals surface area contributed by atoms with Crippen LogP contribution in [-0.2, 0) is 0 Å². The molecular weight excluding hydrogens is 150 g/mol. The third kappa shape index (κ3) is 2.46. The number of aliphatic hydroxyl groups excluding tert-OH is 1. The first-order chi connectivity index (χ1) is 5.81. The van der Waals surface area contributed by atoms with E-state index in [4.69, 9.17) is 5.11 Å². The summed E-state index contributed by atoms with van der Waals surface area (Å²) in [6.45, 7) is 10.3. The van der Waals surface area contributed by atoms with Crippen LogP contribution in [0, 0.1) is 5.41 Å². The van der Waals surface area contributed by atoms with E-state index in [1.165, 1.54) is 0 Å². The van der Waals surface area contributed by atoms with Crippen molar-refractivity contribution in [1.29, 1.82) is 0 Å². The van der Waals surface area contributed by atoms with Crippen LogP contribution < -0.4 is 5.32 Å². The van der Waals surface area contributed by atoms with E-state index in [1.54, 1.807) is 0 Å². The second-order valence-electron chi connectivity index (χ2n) is 3.17. The largest absolute Gasteiger partial charge is 0.393 e. The summed E-state index contributed by atoms with van der Waals surface area (Å²) in [6, 6.07) is 0. The third-order valence-electron chi connectivity index (χ3n) is 2.34. The lowest BCUT2D eigenvalue weighted by Crippen LogP contribution is -2.61. The molecule has 2 rings (SSSR count). The molecule has 1 spiro atoms. The highest BCUT2D eigenvalue weighted by molar-refractivity contribution is 5.02. The molecule has 0 aromatic heterocycles. The maximum atomic E-state index is 8.92. The fourth-order valence-corrected chi connectivity index (χ4v) is 1.71. The van der Waals surface area contributed by atoms with Gasteiger partial charge >= 0.3 is 0 Å². The van der Waals surface area contributed by atoms with Gasteiger partial charge in [0.2, 0.25) is 0 Å². The van der Waals surface area contributed by atoms with Gasteiger partial charge in [-0.2, -0.15) is 0 Å². The Bertz CT molecular complexity index is 102. The Labute approximate surface area is 76.4 Å². The van der Waals surface area contributed by atoms with Gasteiger partial charge in [0.1, 0.15) is 0 Å². The average Bonchev–Trinajstić information content (AvgIpc) is 2.03. The highest BCUT2D eigenvalue weighted by atomic mass is 16.3. The molecule has 2 fully saturated rings. The Hall–Kier alpha value is -0.0800. The molecule has 2 nitrogen and oxygen atoms in total. The molecule has 12 heavy (non-hydrogen) atoms. The standard InChI is InChI=1S/C6H11NO.2C2H6/c8-5-1-6(2-5)3-7-4-6;2*1-2/h5,7-8H,1-4H2;2*1-2H3. The molecule has 2 aliphatic rings. The summed E-state index contributed by atoms with van der Waals surface area (Å²) in [7, 11) is 0. The molecule has 1 aliphatic carbocycles. The predicted molar refractivity (Wildman–Crippen MR) is 53.2 cm³/mol. The van der Waals surface area contributed by atoms with Gasteiger partial charge in [-0.3, -0.25) is 0 Å². The normalized spacial score (nSPS) is 23.8. The summed E-state index contributed by atoms with van der Waals surface area (Å²) in [5, 5.41) is 12.1. The molecule has 1 saturated carbocycles. The summed E-state index contributed by atoms with van der Waals surface area (Å²) in [5.41, 5.74) is 0.555. The summed E-state index contributed by atoms with van der Waals surface area (Å²) >= 11 is 0. The smallest absolute Gasteiger partial charge is 0.0552 e. The molecule has 1 saturated heterocycles. The summed E-state index contributed by atoms with van der Waals surface area (Å²) < 4.78 is 0. The van der Waals surface area contributed by atoms with Crippen molar-refractivity contribution in [3.8, 4) is 0 Å². The van der Waals surface area contributed by atoms with Crippen molar-refractivity contribution in [3.05, 3.63) is 0 Å². The van der Waals surface area contributed by atoms with Crippen LogP contribution in [0.3, 0.4) is 0 Å². The van der Waals surface area contributed by atoms with Crippen molar-refractivity contribution in [2.24, 2.45) is 5.41 Å². The van der Waals surface area contributed by atoms with E-state index >= 15 is 0 Å². The highest BCUT2D eigenvalue weighted by Crippen LogP contribution is 2.43. The van der Waals surface area contributed by atoms with Gasteiger partial charge in [-0.25, -0.2) is 0 Å². The lowest BCUT2D eigenvalue weighted by molar-refractivity contribution is -0.0635. The second-order valence-corrected chi connectivity index (χ2v) is 3.17. The maximum Gasteiger partial charge on any atom is 0.0552 e. The minimum atomic E-state index is 0.0251. The molecule has 0 unspecified atom stereocenters. The van der Waals surface area contributed by atoms with Crippen molar-refractivity contribution in [2.75, 3.05) is 13.1 Å². The summed E-state index contributed by atoms with van der Waals surface area (Å²) in [4.78, 5) is 0. The Morgan fingerprint density at radius 3 is 1.58 bits per heavy atom. The topological polar surface area (TPSA) is 32.3 Å². The van der Waals surface area contributed by atoms with E-state index in [-0.39, 0.29) is 6.10 Å². The number of hydrogen-bond acceptors (Lipinski definition) is 2. The monoisotopic (exact) mass is 173 g/mol. The molecule has 2 heteroatoms. The highest BCUT2D eigenvalue weighted by Gasteiger charge is 2.47. The molecule has 0 aromatic carbocycles. The van der Waals surface area contributed by atoms with E-state index in [1.807, 2.05) is 27.7 Å². The quantitative estimate of drug-likeness (QED) is 0.585. The van der Waals surface area contributed by atoms with Crippen LogP contribution in [0.2, 0.25) is 0 Å². The zero-order valence-corrected chi connectivity index (χ0v) is 8.85. The first kappa shape index (κ1) is 11.9. The van der Waals surface area contributed by atoms with Crippen LogP contribution in [0.5, 0.6) is 0 Å². The van der Waals surface area contributed by atoms with Gasteiger partial charge in [-0.15, -0.1) is 0 Å². The van der Waals surface area contributed by atoms with Crippen molar-refractivity contribution in [2.45, 2.75) is 46.6 Å². The van der Waals surface area contributed by atoms with Crippen molar-refractivity contribution >= 4 is 0 Å². The van der Waals surface area contributed by atoms with Crippen LogP contribution in [0.1, 0.15) is 40.5 Å². The van der Waals surface area contributed by atoms with Crippen molar-refractivity contribution in [3.63, 3.8) is 0 Å².